The van der Waals surface area contributed by atoms with Crippen LogP contribution in [-0.2, 0) is 17.9 Å². The maximum absolute atomic E-state index is 6.00. The zero-order valence-corrected chi connectivity index (χ0v) is 17.5. The smallest absolute Gasteiger partial charge is 0.142 e. The molecular weight excluding hydrogens is 340 g/mol. The van der Waals surface area contributed by atoms with Gasteiger partial charge in [0.25, 0.3) is 0 Å². The number of ether oxygens (including phenoxy) is 1. The standard InChI is InChI=1S/C20H32N4OSi/c1-5-18-14-23-20(24(18)15-25-12-13-26(2,3)4)17-8-6-16(7-9-17)19-21-10-11-22-19/h6-9,14,19,21-22H,5,10-13,15H2,1-4H3. The summed E-state index contributed by atoms with van der Waals surface area (Å²) in [4.78, 5) is 4.67. The van der Waals surface area contributed by atoms with Crippen LogP contribution in [0.5, 0.6) is 0 Å². The molecule has 2 N–H and O–H groups in total. The largest absolute Gasteiger partial charge is 0.361 e. The molecule has 2 heterocycles. The van der Waals surface area contributed by atoms with E-state index < -0.39 is 8.07 Å². The van der Waals surface area contributed by atoms with Crippen LogP contribution in [0.2, 0.25) is 25.7 Å². The Morgan fingerprint density at radius 1 is 1.15 bits per heavy atom. The minimum absolute atomic E-state index is 0.264. The Balaban J connectivity index is 1.71. The van der Waals surface area contributed by atoms with Crippen molar-refractivity contribution in [3.63, 3.8) is 0 Å². The van der Waals surface area contributed by atoms with Crippen LogP contribution in [0.1, 0.15) is 24.3 Å². The summed E-state index contributed by atoms with van der Waals surface area (Å²) >= 11 is 0. The second kappa shape index (κ2) is 8.48. The molecule has 0 saturated carbocycles. The summed E-state index contributed by atoms with van der Waals surface area (Å²) < 4.78 is 8.21. The first-order valence-corrected chi connectivity index (χ1v) is 13.4. The monoisotopic (exact) mass is 372 g/mol. The van der Waals surface area contributed by atoms with Gasteiger partial charge in [-0.1, -0.05) is 50.8 Å². The molecule has 0 spiro atoms. The molecule has 1 fully saturated rings. The van der Waals surface area contributed by atoms with Crippen LogP contribution in [0.4, 0.5) is 0 Å². The van der Waals surface area contributed by atoms with Gasteiger partial charge in [0, 0.05) is 45.2 Å². The molecule has 0 atom stereocenters. The maximum atomic E-state index is 6.00. The van der Waals surface area contributed by atoms with E-state index in [4.69, 9.17) is 4.74 Å². The number of aromatic nitrogens is 2. The normalized spacial score (nSPS) is 15.7. The molecule has 2 aromatic rings. The van der Waals surface area contributed by atoms with Crippen molar-refractivity contribution in [3.8, 4) is 11.4 Å². The Hall–Kier alpha value is -1.47. The van der Waals surface area contributed by atoms with Crippen LogP contribution in [-0.4, -0.2) is 37.3 Å². The second-order valence-electron chi connectivity index (χ2n) is 8.17. The predicted octanol–water partition coefficient (Wildman–Crippen LogP) is 3.62. The summed E-state index contributed by atoms with van der Waals surface area (Å²) in [6.45, 7) is 12.8. The van der Waals surface area contributed by atoms with Crippen molar-refractivity contribution in [1.82, 2.24) is 20.2 Å². The fourth-order valence-electron chi connectivity index (χ4n) is 3.17. The minimum atomic E-state index is -1.06. The van der Waals surface area contributed by atoms with Gasteiger partial charge < -0.3 is 9.30 Å². The Morgan fingerprint density at radius 2 is 1.85 bits per heavy atom. The van der Waals surface area contributed by atoms with E-state index in [1.807, 2.05) is 6.20 Å². The summed E-state index contributed by atoms with van der Waals surface area (Å²) in [5.74, 6) is 0.994. The van der Waals surface area contributed by atoms with Crippen molar-refractivity contribution < 1.29 is 4.74 Å². The lowest BCUT2D eigenvalue weighted by atomic mass is 10.1. The molecular formula is C20H32N4OSi. The van der Waals surface area contributed by atoms with E-state index in [0.717, 1.165) is 37.5 Å². The molecule has 26 heavy (non-hydrogen) atoms. The highest BCUT2D eigenvalue weighted by Crippen LogP contribution is 2.23. The zero-order valence-electron chi connectivity index (χ0n) is 16.5. The van der Waals surface area contributed by atoms with Crippen LogP contribution in [0.15, 0.2) is 30.5 Å². The number of hydrogen-bond acceptors (Lipinski definition) is 4. The summed E-state index contributed by atoms with van der Waals surface area (Å²) in [7, 11) is -1.06. The quantitative estimate of drug-likeness (QED) is 0.549. The third-order valence-corrected chi connectivity index (χ3v) is 6.55. The highest BCUT2D eigenvalue weighted by Gasteiger charge is 2.17. The molecule has 1 aliphatic heterocycles. The topological polar surface area (TPSA) is 51.1 Å². The molecule has 0 aliphatic carbocycles. The number of imidazole rings is 1. The lowest BCUT2D eigenvalue weighted by Gasteiger charge is -2.17. The van der Waals surface area contributed by atoms with Crippen molar-refractivity contribution in [3.05, 3.63) is 41.7 Å². The number of benzene rings is 1. The molecule has 0 unspecified atom stereocenters. The van der Waals surface area contributed by atoms with Crippen molar-refractivity contribution in [1.29, 1.82) is 0 Å². The van der Waals surface area contributed by atoms with Crippen LogP contribution in [0.25, 0.3) is 11.4 Å². The Labute approximate surface area is 158 Å². The molecule has 1 aromatic carbocycles. The summed E-state index contributed by atoms with van der Waals surface area (Å²) in [5.41, 5.74) is 3.63. The predicted molar refractivity (Wildman–Crippen MR) is 110 cm³/mol. The van der Waals surface area contributed by atoms with E-state index >= 15 is 0 Å². The van der Waals surface area contributed by atoms with E-state index in [2.05, 4.69) is 71.0 Å². The molecule has 0 bridgehead atoms. The maximum Gasteiger partial charge on any atom is 0.142 e. The molecule has 5 nitrogen and oxygen atoms in total. The molecule has 6 heteroatoms. The molecule has 1 aliphatic rings. The molecule has 1 aromatic heterocycles. The van der Waals surface area contributed by atoms with Crippen LogP contribution in [0, 0.1) is 0 Å². The fraction of sp³-hybridized carbons (Fsp3) is 0.550. The van der Waals surface area contributed by atoms with Crippen LogP contribution >= 0.6 is 0 Å². The summed E-state index contributed by atoms with van der Waals surface area (Å²) in [6.07, 6.45) is 3.20. The highest BCUT2D eigenvalue weighted by atomic mass is 28.3. The van der Waals surface area contributed by atoms with E-state index in [0.29, 0.717) is 6.73 Å². The second-order valence-corrected chi connectivity index (χ2v) is 13.8. The van der Waals surface area contributed by atoms with Crippen molar-refractivity contribution in [2.45, 2.75) is 51.9 Å². The first-order chi connectivity index (χ1) is 12.5. The molecule has 0 amide bonds. The van der Waals surface area contributed by atoms with Gasteiger partial charge in [-0.15, -0.1) is 0 Å². The van der Waals surface area contributed by atoms with Crippen LogP contribution < -0.4 is 10.6 Å². The van der Waals surface area contributed by atoms with Gasteiger partial charge in [0.2, 0.25) is 0 Å². The van der Waals surface area contributed by atoms with E-state index in [1.54, 1.807) is 0 Å². The Morgan fingerprint density at radius 3 is 2.46 bits per heavy atom. The summed E-state index contributed by atoms with van der Waals surface area (Å²) in [6, 6.07) is 9.88. The van der Waals surface area contributed by atoms with Gasteiger partial charge >= 0.3 is 0 Å². The van der Waals surface area contributed by atoms with Gasteiger partial charge in [-0.05, 0) is 18.0 Å². The SMILES string of the molecule is CCc1cnc(-c2ccc(C3NCCN3)cc2)n1COCC[Si](C)(C)C. The van der Waals surface area contributed by atoms with Gasteiger partial charge in [-0.25, -0.2) is 4.98 Å². The number of rotatable bonds is 8. The van der Waals surface area contributed by atoms with E-state index in [-0.39, 0.29) is 6.17 Å². The number of aryl methyl sites for hydroxylation is 1. The molecule has 3 rings (SSSR count). The molecule has 1 saturated heterocycles. The average Bonchev–Trinajstić information content (AvgIpc) is 3.27. The fourth-order valence-corrected chi connectivity index (χ4v) is 3.92. The average molecular weight is 373 g/mol. The lowest BCUT2D eigenvalue weighted by Crippen LogP contribution is -2.22. The first-order valence-electron chi connectivity index (χ1n) is 9.67. The third-order valence-electron chi connectivity index (χ3n) is 4.84. The molecule has 142 valence electrons. The third kappa shape index (κ3) is 4.82. The van der Waals surface area contributed by atoms with Gasteiger partial charge in [0.05, 0.1) is 6.17 Å². The zero-order chi connectivity index (χ0) is 18.6. The first kappa shape index (κ1) is 19.3. The number of hydrogen-bond donors (Lipinski definition) is 2. The Kier molecular flexibility index (Phi) is 6.29. The number of nitrogens with zero attached hydrogens (tertiary/aromatic N) is 2. The summed E-state index contributed by atoms with van der Waals surface area (Å²) in [5, 5.41) is 6.91. The van der Waals surface area contributed by atoms with Gasteiger partial charge in [0.1, 0.15) is 12.6 Å². The number of nitrogens with one attached hydrogen (secondary N) is 2. The van der Waals surface area contributed by atoms with Crippen molar-refractivity contribution in [2.75, 3.05) is 19.7 Å². The minimum Gasteiger partial charge on any atom is -0.361 e. The van der Waals surface area contributed by atoms with Crippen molar-refractivity contribution in [2.24, 2.45) is 0 Å². The van der Waals surface area contributed by atoms with Gasteiger partial charge in [0.15, 0.2) is 0 Å². The van der Waals surface area contributed by atoms with Crippen molar-refractivity contribution >= 4 is 8.07 Å². The lowest BCUT2D eigenvalue weighted by molar-refractivity contribution is 0.0866. The Bertz CT molecular complexity index is 700. The highest BCUT2D eigenvalue weighted by molar-refractivity contribution is 6.76. The van der Waals surface area contributed by atoms with Gasteiger partial charge in [-0.2, -0.15) is 0 Å². The van der Waals surface area contributed by atoms with E-state index in [1.165, 1.54) is 17.3 Å². The van der Waals surface area contributed by atoms with Gasteiger partial charge in [-0.3, -0.25) is 10.6 Å². The van der Waals surface area contributed by atoms with E-state index in [9.17, 15) is 0 Å². The van der Waals surface area contributed by atoms with Crippen LogP contribution in [0.3, 0.4) is 0 Å². The molecule has 0 radical (unpaired) electrons.